The molecule has 1 saturated heterocycles. The van der Waals surface area contributed by atoms with Gasteiger partial charge < -0.3 is 14.5 Å². The number of hydrogen-bond donors (Lipinski definition) is 1. The average molecular weight is 537 g/mol. The molecule has 2 aliphatic heterocycles. The van der Waals surface area contributed by atoms with E-state index in [2.05, 4.69) is 23.2 Å². The van der Waals surface area contributed by atoms with Crippen molar-refractivity contribution in [2.45, 2.75) is 57.5 Å². The molecule has 3 amide bonds. The molecule has 2 unspecified atom stereocenters. The molecule has 0 aromatic heterocycles. The third-order valence-electron chi connectivity index (χ3n) is 7.27. The zero-order valence-corrected chi connectivity index (χ0v) is 22.4. The molecule has 0 spiro atoms. The Hall–Kier alpha value is -3.41. The minimum atomic E-state index is -0.638. The van der Waals surface area contributed by atoms with Crippen molar-refractivity contribution >= 4 is 29.3 Å². The van der Waals surface area contributed by atoms with E-state index in [1.165, 1.54) is 4.90 Å². The molecule has 0 saturated carbocycles. The second kappa shape index (κ2) is 12.9. The van der Waals surface area contributed by atoms with Gasteiger partial charge in [-0.1, -0.05) is 36.7 Å². The normalized spacial score (nSPS) is 17.8. The van der Waals surface area contributed by atoms with Crippen LogP contribution in [-0.4, -0.2) is 59.8 Å². The Bertz CT molecular complexity index is 1210. The second-order valence-corrected chi connectivity index (χ2v) is 10.1. The van der Waals surface area contributed by atoms with Crippen LogP contribution in [0.4, 0.5) is 0 Å². The quantitative estimate of drug-likeness (QED) is 0.321. The average Bonchev–Trinajstić information content (AvgIpc) is 3.25. The lowest BCUT2D eigenvalue weighted by Crippen LogP contribution is -2.52. The highest BCUT2D eigenvalue weighted by atomic mass is 35.5. The van der Waals surface area contributed by atoms with Crippen molar-refractivity contribution in [1.82, 2.24) is 15.1 Å². The van der Waals surface area contributed by atoms with E-state index in [4.69, 9.17) is 16.3 Å². The number of benzene rings is 2. The van der Waals surface area contributed by atoms with E-state index in [-0.39, 0.29) is 24.2 Å². The van der Waals surface area contributed by atoms with E-state index < -0.39 is 11.9 Å². The molecule has 9 heteroatoms. The summed E-state index contributed by atoms with van der Waals surface area (Å²) in [5.74, 6) is -0.412. The number of fused-ring (bicyclic) bond motifs is 1. The number of carbonyl (C=O) groups is 3. The lowest BCUT2D eigenvalue weighted by Gasteiger charge is -2.29. The number of ether oxygens (including phenoxy) is 1. The number of imide groups is 1. The van der Waals surface area contributed by atoms with Crippen LogP contribution in [0.15, 0.2) is 42.5 Å². The lowest BCUT2D eigenvalue weighted by molar-refractivity contribution is -0.136. The van der Waals surface area contributed by atoms with Gasteiger partial charge >= 0.3 is 0 Å². The topological polar surface area (TPSA) is 103 Å². The smallest absolute Gasteiger partial charge is 0.255 e. The first-order valence-corrected chi connectivity index (χ1v) is 13.6. The van der Waals surface area contributed by atoms with Gasteiger partial charge in [-0.3, -0.25) is 19.7 Å². The number of halogens is 1. The second-order valence-electron chi connectivity index (χ2n) is 9.69. The van der Waals surface area contributed by atoms with Gasteiger partial charge in [-0.25, -0.2) is 0 Å². The Balaban J connectivity index is 1.23. The zero-order valence-electron chi connectivity index (χ0n) is 21.6. The Labute approximate surface area is 228 Å². The van der Waals surface area contributed by atoms with E-state index >= 15 is 0 Å². The van der Waals surface area contributed by atoms with Crippen molar-refractivity contribution in [3.63, 3.8) is 0 Å². The van der Waals surface area contributed by atoms with Crippen LogP contribution in [-0.2, 0) is 16.1 Å². The van der Waals surface area contributed by atoms with Crippen molar-refractivity contribution < 1.29 is 19.1 Å². The van der Waals surface area contributed by atoms with Gasteiger partial charge in [-0.05, 0) is 75.1 Å². The number of nitrogens with one attached hydrogen (secondary N) is 1. The number of rotatable bonds is 12. The summed E-state index contributed by atoms with van der Waals surface area (Å²) in [4.78, 5) is 40.6. The van der Waals surface area contributed by atoms with Gasteiger partial charge in [0.15, 0.2) is 0 Å². The van der Waals surface area contributed by atoms with E-state index in [9.17, 15) is 19.6 Å². The maximum atomic E-state index is 13.0. The fourth-order valence-corrected chi connectivity index (χ4v) is 5.18. The number of hydrogen-bond acceptors (Lipinski definition) is 6. The van der Waals surface area contributed by atoms with E-state index in [1.807, 2.05) is 30.3 Å². The Morgan fingerprint density at radius 3 is 2.66 bits per heavy atom. The molecule has 0 aliphatic carbocycles. The van der Waals surface area contributed by atoms with Crippen molar-refractivity contribution in [2.75, 3.05) is 26.2 Å². The third-order valence-corrected chi connectivity index (χ3v) is 7.53. The van der Waals surface area contributed by atoms with Gasteiger partial charge in [0, 0.05) is 22.6 Å². The molecule has 0 radical (unpaired) electrons. The highest BCUT2D eigenvalue weighted by Gasteiger charge is 2.40. The molecule has 0 bridgehead atoms. The standard InChI is InChI=1S/C29H33ClN4O4/c1-2-33(16-14-21(18-31)20-8-10-22(30)11-9-20)15-3-4-17-38-26-7-5-6-23-24(26)19-34(29(23)37)25-12-13-27(35)32-28(25)36/h5-11,21,25H,2-4,12-17,19H2,1H3,(H,32,35,36). The highest BCUT2D eigenvalue weighted by Crippen LogP contribution is 2.33. The number of carbonyl (C=O) groups excluding carboxylic acids is 3. The van der Waals surface area contributed by atoms with Crippen molar-refractivity contribution in [3.05, 3.63) is 64.2 Å². The maximum Gasteiger partial charge on any atom is 0.255 e. The SMILES string of the molecule is CCN(CCCCOc1cccc2c1CN(C1CCC(=O)NC1=O)C2=O)CCC(C#N)c1ccc(Cl)cc1. The molecule has 1 N–H and O–H groups in total. The minimum Gasteiger partial charge on any atom is -0.493 e. The number of nitriles is 1. The van der Waals surface area contributed by atoms with Crippen molar-refractivity contribution in [2.24, 2.45) is 0 Å². The summed E-state index contributed by atoms with van der Waals surface area (Å²) in [7, 11) is 0. The first-order valence-electron chi connectivity index (χ1n) is 13.2. The summed E-state index contributed by atoms with van der Waals surface area (Å²) in [6.07, 6.45) is 3.12. The van der Waals surface area contributed by atoms with Crippen LogP contribution in [0.1, 0.15) is 66.4 Å². The molecule has 2 atom stereocenters. The number of nitrogens with zero attached hydrogens (tertiary/aromatic N) is 3. The molecule has 8 nitrogen and oxygen atoms in total. The maximum absolute atomic E-state index is 13.0. The minimum absolute atomic E-state index is 0.160. The van der Waals surface area contributed by atoms with E-state index in [0.29, 0.717) is 35.9 Å². The Morgan fingerprint density at radius 1 is 1.16 bits per heavy atom. The molecular formula is C29H33ClN4O4. The summed E-state index contributed by atoms with van der Waals surface area (Å²) in [6.45, 7) is 5.60. The van der Waals surface area contributed by atoms with E-state index in [0.717, 1.165) is 50.0 Å². The molecule has 38 heavy (non-hydrogen) atoms. The van der Waals surface area contributed by atoms with Gasteiger partial charge in [0.05, 0.1) is 25.1 Å². The van der Waals surface area contributed by atoms with Crippen LogP contribution in [0.25, 0.3) is 0 Å². The van der Waals surface area contributed by atoms with Gasteiger partial charge in [0.2, 0.25) is 11.8 Å². The Morgan fingerprint density at radius 2 is 1.95 bits per heavy atom. The summed E-state index contributed by atoms with van der Waals surface area (Å²) in [5, 5.41) is 12.6. The fourth-order valence-electron chi connectivity index (χ4n) is 5.05. The first-order chi connectivity index (χ1) is 18.4. The molecule has 2 heterocycles. The fraction of sp³-hybridized carbons (Fsp3) is 0.448. The highest BCUT2D eigenvalue weighted by molar-refractivity contribution is 6.30. The third kappa shape index (κ3) is 6.53. The Kier molecular flexibility index (Phi) is 9.38. The van der Waals surface area contributed by atoms with Crippen LogP contribution in [0.2, 0.25) is 5.02 Å². The molecule has 1 fully saturated rings. The van der Waals surface area contributed by atoms with Gasteiger partial charge in [0.1, 0.15) is 11.8 Å². The predicted octanol–water partition coefficient (Wildman–Crippen LogP) is 4.28. The molecule has 2 aliphatic rings. The monoisotopic (exact) mass is 536 g/mol. The van der Waals surface area contributed by atoms with Gasteiger partial charge in [-0.15, -0.1) is 0 Å². The van der Waals surface area contributed by atoms with E-state index in [1.54, 1.807) is 12.1 Å². The summed E-state index contributed by atoms with van der Waals surface area (Å²) >= 11 is 5.97. The van der Waals surface area contributed by atoms with Crippen LogP contribution >= 0.6 is 11.6 Å². The van der Waals surface area contributed by atoms with Crippen LogP contribution in [0.5, 0.6) is 5.75 Å². The summed E-state index contributed by atoms with van der Waals surface area (Å²) in [5.41, 5.74) is 2.34. The molecule has 200 valence electrons. The van der Waals surface area contributed by atoms with Gasteiger partial charge in [-0.2, -0.15) is 5.26 Å². The van der Waals surface area contributed by atoms with Crippen molar-refractivity contribution in [3.8, 4) is 11.8 Å². The predicted molar refractivity (Wildman–Crippen MR) is 144 cm³/mol. The van der Waals surface area contributed by atoms with Gasteiger partial charge in [0.25, 0.3) is 5.91 Å². The summed E-state index contributed by atoms with van der Waals surface area (Å²) in [6, 6.07) is 14.7. The molecule has 2 aromatic carbocycles. The largest absolute Gasteiger partial charge is 0.493 e. The molecule has 2 aromatic rings. The van der Waals surface area contributed by atoms with Crippen LogP contribution in [0, 0.1) is 11.3 Å². The number of unbranched alkanes of at least 4 members (excludes halogenated alkanes) is 1. The van der Waals surface area contributed by atoms with Crippen LogP contribution < -0.4 is 10.1 Å². The lowest BCUT2D eigenvalue weighted by atomic mass is 9.97. The van der Waals surface area contributed by atoms with Crippen LogP contribution in [0.3, 0.4) is 0 Å². The zero-order chi connectivity index (χ0) is 27.1. The molecular weight excluding hydrogens is 504 g/mol. The molecule has 4 rings (SSSR count). The number of amides is 3. The number of piperidine rings is 1. The summed E-state index contributed by atoms with van der Waals surface area (Å²) < 4.78 is 6.07. The van der Waals surface area contributed by atoms with Crippen molar-refractivity contribution in [1.29, 1.82) is 5.26 Å². The first kappa shape index (κ1) is 27.6.